The molecule has 0 saturated heterocycles. The molecule has 28 heavy (non-hydrogen) atoms. The molecule has 142 valence electrons. The fourth-order valence-electron chi connectivity index (χ4n) is 2.92. The zero-order chi connectivity index (χ0) is 19.5. The molecule has 0 N–H and O–H groups in total. The summed E-state index contributed by atoms with van der Waals surface area (Å²) < 4.78 is 24.6. The molecule has 0 unspecified atom stereocenters. The van der Waals surface area contributed by atoms with E-state index in [-0.39, 0.29) is 18.5 Å². The van der Waals surface area contributed by atoms with E-state index in [1.165, 1.54) is 23.5 Å². The van der Waals surface area contributed by atoms with Gasteiger partial charge in [0, 0.05) is 35.0 Å². The van der Waals surface area contributed by atoms with Crippen molar-refractivity contribution in [3.05, 3.63) is 76.9 Å². The Hall–Kier alpha value is -3.12. The predicted molar refractivity (Wildman–Crippen MR) is 108 cm³/mol. The maximum Gasteiger partial charge on any atom is 0.246 e. The van der Waals surface area contributed by atoms with Crippen LogP contribution in [0.5, 0.6) is 11.5 Å². The Bertz CT molecular complexity index is 1040. The highest BCUT2D eigenvalue weighted by molar-refractivity contribution is 7.16. The Balaban J connectivity index is 1.40. The van der Waals surface area contributed by atoms with Crippen molar-refractivity contribution in [3.63, 3.8) is 0 Å². The second-order valence-corrected chi connectivity index (χ2v) is 7.51. The van der Waals surface area contributed by atoms with E-state index in [4.69, 9.17) is 9.47 Å². The lowest BCUT2D eigenvalue weighted by Gasteiger charge is -2.15. The molecule has 1 aliphatic rings. The lowest BCUT2D eigenvalue weighted by molar-refractivity contribution is -0.125. The first kappa shape index (κ1) is 18.3. The Kier molecular flexibility index (Phi) is 5.12. The van der Waals surface area contributed by atoms with Crippen molar-refractivity contribution in [3.8, 4) is 21.9 Å². The first-order chi connectivity index (χ1) is 13.6. The number of carbonyl (C=O) groups is 1. The maximum atomic E-state index is 13.9. The topological polar surface area (TPSA) is 38.8 Å². The summed E-state index contributed by atoms with van der Waals surface area (Å²) in [4.78, 5) is 15.8. The van der Waals surface area contributed by atoms with Crippen molar-refractivity contribution in [2.75, 3.05) is 13.8 Å². The van der Waals surface area contributed by atoms with E-state index in [0.29, 0.717) is 17.9 Å². The first-order valence-electron chi connectivity index (χ1n) is 8.76. The number of rotatable bonds is 5. The van der Waals surface area contributed by atoms with Gasteiger partial charge in [0.15, 0.2) is 11.5 Å². The van der Waals surface area contributed by atoms with Gasteiger partial charge in [-0.25, -0.2) is 4.39 Å². The van der Waals surface area contributed by atoms with Crippen molar-refractivity contribution in [2.45, 2.75) is 6.54 Å². The van der Waals surface area contributed by atoms with E-state index < -0.39 is 0 Å². The summed E-state index contributed by atoms with van der Waals surface area (Å²) in [5.74, 6) is 1.06. The van der Waals surface area contributed by atoms with Crippen LogP contribution < -0.4 is 9.47 Å². The van der Waals surface area contributed by atoms with Crippen LogP contribution in [0.25, 0.3) is 16.5 Å². The van der Waals surface area contributed by atoms with E-state index in [2.05, 4.69) is 0 Å². The standard InChI is InChI=1S/C22H18FNO3S/c1-24(13-15-6-9-19-20(12-15)27-14-26-19)22(25)11-8-16-7-10-21(28-16)17-4-2-3-5-18(17)23/h2-12H,13-14H2,1H3/b11-8+. The van der Waals surface area contributed by atoms with Gasteiger partial charge in [-0.3, -0.25) is 4.79 Å². The van der Waals surface area contributed by atoms with Crippen LogP contribution in [0.15, 0.2) is 60.7 Å². The predicted octanol–water partition coefficient (Wildman–Crippen LogP) is 4.95. The van der Waals surface area contributed by atoms with Gasteiger partial charge in [-0.15, -0.1) is 11.3 Å². The summed E-state index contributed by atoms with van der Waals surface area (Å²) in [6.07, 6.45) is 3.29. The minimum atomic E-state index is -0.251. The average molecular weight is 395 g/mol. The number of carbonyl (C=O) groups excluding carboxylic acids is 1. The molecule has 0 bridgehead atoms. The number of likely N-dealkylation sites (N-methyl/N-ethyl adjacent to an activating group) is 1. The summed E-state index contributed by atoms with van der Waals surface area (Å²) in [5, 5.41) is 0. The van der Waals surface area contributed by atoms with Crippen molar-refractivity contribution in [1.29, 1.82) is 0 Å². The molecule has 6 heteroatoms. The normalized spacial score (nSPS) is 12.5. The molecule has 3 aromatic rings. The Morgan fingerprint density at radius 2 is 1.96 bits per heavy atom. The van der Waals surface area contributed by atoms with Crippen LogP contribution in [0.3, 0.4) is 0 Å². The number of hydrogen-bond acceptors (Lipinski definition) is 4. The molecule has 2 aromatic carbocycles. The summed E-state index contributed by atoms with van der Waals surface area (Å²) in [5.41, 5.74) is 1.53. The van der Waals surface area contributed by atoms with Crippen molar-refractivity contribution in [1.82, 2.24) is 4.90 Å². The molecule has 0 spiro atoms. The number of amides is 1. The molecule has 0 fully saturated rings. The van der Waals surface area contributed by atoms with Crippen LogP contribution in [-0.2, 0) is 11.3 Å². The summed E-state index contributed by atoms with van der Waals surface area (Å²) in [6.45, 7) is 0.691. The first-order valence-corrected chi connectivity index (χ1v) is 9.58. The minimum absolute atomic E-state index is 0.112. The number of halogens is 1. The quantitative estimate of drug-likeness (QED) is 0.574. The van der Waals surface area contributed by atoms with Gasteiger partial charge in [0.1, 0.15) is 5.82 Å². The smallest absolute Gasteiger partial charge is 0.246 e. The lowest BCUT2D eigenvalue weighted by Crippen LogP contribution is -2.24. The van der Waals surface area contributed by atoms with E-state index in [1.807, 2.05) is 36.4 Å². The van der Waals surface area contributed by atoms with E-state index >= 15 is 0 Å². The maximum absolute atomic E-state index is 13.9. The minimum Gasteiger partial charge on any atom is -0.454 e. The van der Waals surface area contributed by atoms with Gasteiger partial charge in [-0.05, 0) is 42.0 Å². The molecule has 2 heterocycles. The summed E-state index contributed by atoms with van der Waals surface area (Å²) in [6, 6.07) is 16.1. The third-order valence-electron chi connectivity index (χ3n) is 4.39. The van der Waals surface area contributed by atoms with Gasteiger partial charge < -0.3 is 14.4 Å². The molecule has 0 atom stereocenters. The Morgan fingerprint density at radius 1 is 1.14 bits per heavy atom. The van der Waals surface area contributed by atoms with Gasteiger partial charge in [0.05, 0.1) is 0 Å². The number of nitrogens with zero attached hydrogens (tertiary/aromatic N) is 1. The highest BCUT2D eigenvalue weighted by Crippen LogP contribution is 2.33. The number of hydrogen-bond donors (Lipinski definition) is 0. The third kappa shape index (κ3) is 3.92. The summed E-state index contributed by atoms with van der Waals surface area (Å²) in [7, 11) is 1.75. The Labute approximate surface area is 166 Å². The highest BCUT2D eigenvalue weighted by Gasteiger charge is 2.14. The second kappa shape index (κ2) is 7.86. The molecular formula is C22H18FNO3S. The van der Waals surface area contributed by atoms with Crippen LogP contribution in [0.1, 0.15) is 10.4 Å². The van der Waals surface area contributed by atoms with Crippen molar-refractivity contribution < 1.29 is 18.7 Å². The van der Waals surface area contributed by atoms with Crippen LogP contribution in [0.4, 0.5) is 4.39 Å². The van der Waals surface area contributed by atoms with E-state index in [9.17, 15) is 9.18 Å². The van der Waals surface area contributed by atoms with Crippen LogP contribution in [-0.4, -0.2) is 24.6 Å². The lowest BCUT2D eigenvalue weighted by atomic mass is 10.2. The Morgan fingerprint density at radius 3 is 2.82 bits per heavy atom. The molecular weight excluding hydrogens is 377 g/mol. The van der Waals surface area contributed by atoms with E-state index in [1.54, 1.807) is 30.2 Å². The molecule has 0 saturated carbocycles. The van der Waals surface area contributed by atoms with Crippen molar-refractivity contribution >= 4 is 23.3 Å². The number of benzene rings is 2. The van der Waals surface area contributed by atoms with Crippen molar-refractivity contribution in [2.24, 2.45) is 0 Å². The largest absolute Gasteiger partial charge is 0.454 e. The number of ether oxygens (including phenoxy) is 2. The van der Waals surface area contributed by atoms with Gasteiger partial charge >= 0.3 is 0 Å². The van der Waals surface area contributed by atoms with Gasteiger partial charge in [0.2, 0.25) is 12.7 Å². The average Bonchev–Trinajstić information content (AvgIpc) is 3.35. The monoisotopic (exact) mass is 395 g/mol. The molecule has 0 aliphatic carbocycles. The molecule has 1 aliphatic heterocycles. The fraction of sp³-hybridized carbons (Fsp3) is 0.136. The van der Waals surface area contributed by atoms with Gasteiger partial charge in [0.25, 0.3) is 0 Å². The van der Waals surface area contributed by atoms with Crippen LogP contribution in [0.2, 0.25) is 0 Å². The zero-order valence-corrected chi connectivity index (χ0v) is 16.0. The van der Waals surface area contributed by atoms with E-state index in [0.717, 1.165) is 21.1 Å². The SMILES string of the molecule is CN(Cc1ccc2c(c1)OCO2)C(=O)/C=C/c1ccc(-c2ccccc2F)s1. The fourth-order valence-corrected chi connectivity index (χ4v) is 3.86. The van der Waals surface area contributed by atoms with Crippen LogP contribution in [0, 0.1) is 5.82 Å². The van der Waals surface area contributed by atoms with Gasteiger partial charge in [-0.2, -0.15) is 0 Å². The molecule has 4 rings (SSSR count). The van der Waals surface area contributed by atoms with Gasteiger partial charge in [-0.1, -0.05) is 24.3 Å². The summed E-state index contributed by atoms with van der Waals surface area (Å²) >= 11 is 1.44. The van der Waals surface area contributed by atoms with Crippen LogP contribution >= 0.6 is 11.3 Å². The third-order valence-corrected chi connectivity index (χ3v) is 5.47. The number of thiophene rings is 1. The second-order valence-electron chi connectivity index (χ2n) is 6.40. The number of fused-ring (bicyclic) bond motifs is 1. The molecule has 1 aromatic heterocycles. The molecule has 1 amide bonds. The molecule has 0 radical (unpaired) electrons. The zero-order valence-electron chi connectivity index (χ0n) is 15.2. The highest BCUT2D eigenvalue weighted by atomic mass is 32.1. The molecule has 4 nitrogen and oxygen atoms in total.